The largest absolute Gasteiger partial charge is 0.508 e. The van der Waals surface area contributed by atoms with Crippen molar-refractivity contribution in [2.45, 2.75) is 12.6 Å². The Labute approximate surface area is 181 Å². The number of amides is 2. The second kappa shape index (κ2) is 7.09. The number of nitrogens with one attached hydrogen (secondary N) is 1. The van der Waals surface area contributed by atoms with Crippen molar-refractivity contribution in [2.75, 3.05) is 6.61 Å². The molecule has 1 aliphatic rings. The van der Waals surface area contributed by atoms with Gasteiger partial charge in [-0.1, -0.05) is 29.8 Å². The van der Waals surface area contributed by atoms with Gasteiger partial charge in [0.15, 0.2) is 0 Å². The lowest BCUT2D eigenvalue weighted by molar-refractivity contribution is 0.0831. The second-order valence-corrected chi connectivity index (χ2v) is 7.89. The van der Waals surface area contributed by atoms with Gasteiger partial charge in [0.1, 0.15) is 5.75 Å². The Kier molecular flexibility index (Phi) is 4.48. The standard InChI is InChI=1S/C23H17ClN2O5/c24-16-4-2-1-3-13(16)14-8-18-19(21-20(14)22(30)25-23(21)31)15-7-11(28)5-6-17(15)26(18)9-12(29)10-27/h1-8,12,27-29H,9-10H2,(H,25,30,31). The summed E-state index contributed by atoms with van der Waals surface area (Å²) in [5.74, 6) is -1.06. The van der Waals surface area contributed by atoms with Gasteiger partial charge in [-0.2, -0.15) is 0 Å². The molecule has 5 rings (SSSR count). The van der Waals surface area contributed by atoms with Gasteiger partial charge < -0.3 is 19.9 Å². The molecule has 1 aliphatic heterocycles. The maximum Gasteiger partial charge on any atom is 0.259 e. The minimum Gasteiger partial charge on any atom is -0.508 e. The average Bonchev–Trinajstić information content (AvgIpc) is 3.21. The molecule has 156 valence electrons. The minimum atomic E-state index is -1.04. The fourth-order valence-electron chi connectivity index (χ4n) is 4.29. The van der Waals surface area contributed by atoms with Gasteiger partial charge in [-0.15, -0.1) is 0 Å². The molecule has 0 aliphatic carbocycles. The molecule has 0 saturated carbocycles. The second-order valence-electron chi connectivity index (χ2n) is 7.48. The van der Waals surface area contributed by atoms with Gasteiger partial charge in [-0.05, 0) is 35.9 Å². The van der Waals surface area contributed by atoms with Crippen LogP contribution >= 0.6 is 11.6 Å². The van der Waals surface area contributed by atoms with Gasteiger partial charge in [0.2, 0.25) is 0 Å². The smallest absolute Gasteiger partial charge is 0.259 e. The van der Waals surface area contributed by atoms with Gasteiger partial charge in [0, 0.05) is 26.9 Å². The van der Waals surface area contributed by atoms with Crippen molar-refractivity contribution in [2.24, 2.45) is 0 Å². The fourth-order valence-corrected chi connectivity index (χ4v) is 4.53. The van der Waals surface area contributed by atoms with Crippen molar-refractivity contribution in [3.8, 4) is 16.9 Å². The van der Waals surface area contributed by atoms with Crippen molar-refractivity contribution >= 4 is 45.2 Å². The molecule has 2 amide bonds. The summed E-state index contributed by atoms with van der Waals surface area (Å²) in [5, 5.41) is 33.5. The monoisotopic (exact) mass is 436 g/mol. The highest BCUT2D eigenvalue weighted by atomic mass is 35.5. The first-order valence-corrected chi connectivity index (χ1v) is 10.00. The Morgan fingerprint density at radius 1 is 0.968 bits per heavy atom. The molecule has 4 aromatic rings. The third-order valence-corrected chi connectivity index (χ3v) is 5.92. The number of benzene rings is 3. The van der Waals surface area contributed by atoms with Crippen molar-refractivity contribution in [1.29, 1.82) is 0 Å². The first kappa shape index (κ1) is 19.6. The topological polar surface area (TPSA) is 112 Å². The number of aliphatic hydroxyl groups is 2. The third-order valence-electron chi connectivity index (χ3n) is 5.59. The van der Waals surface area contributed by atoms with Gasteiger partial charge >= 0.3 is 0 Å². The summed E-state index contributed by atoms with van der Waals surface area (Å²) < 4.78 is 1.77. The summed E-state index contributed by atoms with van der Waals surface area (Å²) in [6.45, 7) is -0.391. The molecule has 1 unspecified atom stereocenters. The molecule has 8 heteroatoms. The number of rotatable bonds is 4. The van der Waals surface area contributed by atoms with Crippen LogP contribution in [0.15, 0.2) is 48.5 Å². The summed E-state index contributed by atoms with van der Waals surface area (Å²) in [6, 6.07) is 13.5. The molecule has 0 spiro atoms. The maximum atomic E-state index is 12.8. The van der Waals surface area contributed by atoms with E-state index >= 15 is 0 Å². The number of aromatic nitrogens is 1. The van der Waals surface area contributed by atoms with E-state index in [4.69, 9.17) is 11.6 Å². The highest BCUT2D eigenvalue weighted by Gasteiger charge is 2.35. The fraction of sp³-hybridized carbons (Fsp3) is 0.130. The van der Waals surface area contributed by atoms with Crippen molar-refractivity contribution in [3.05, 3.63) is 64.7 Å². The zero-order valence-corrected chi connectivity index (χ0v) is 16.8. The van der Waals surface area contributed by atoms with Crippen LogP contribution < -0.4 is 5.32 Å². The van der Waals surface area contributed by atoms with E-state index in [1.807, 2.05) is 0 Å². The van der Waals surface area contributed by atoms with Crippen LogP contribution in [0.25, 0.3) is 32.9 Å². The molecule has 4 N–H and O–H groups in total. The molecule has 0 bridgehead atoms. The first-order chi connectivity index (χ1) is 14.9. The maximum absolute atomic E-state index is 12.8. The number of carbonyl (C=O) groups is 2. The van der Waals surface area contributed by atoms with E-state index in [9.17, 15) is 24.9 Å². The lowest BCUT2D eigenvalue weighted by atomic mass is 9.93. The zero-order valence-electron chi connectivity index (χ0n) is 16.1. The van der Waals surface area contributed by atoms with Gasteiger partial charge in [0.25, 0.3) is 11.8 Å². The number of carbonyl (C=O) groups excluding carboxylic acids is 2. The number of imide groups is 1. The van der Waals surface area contributed by atoms with E-state index in [2.05, 4.69) is 5.32 Å². The Balaban J connectivity index is 1.98. The van der Waals surface area contributed by atoms with Crippen LogP contribution in [0.1, 0.15) is 20.7 Å². The third kappa shape index (κ3) is 2.90. The van der Waals surface area contributed by atoms with Crippen LogP contribution in [0.4, 0.5) is 0 Å². The lowest BCUT2D eigenvalue weighted by Gasteiger charge is -2.14. The molecule has 7 nitrogen and oxygen atoms in total. The average molecular weight is 437 g/mol. The number of aromatic hydroxyl groups is 1. The molecule has 0 fully saturated rings. The van der Waals surface area contributed by atoms with E-state index < -0.39 is 24.5 Å². The van der Waals surface area contributed by atoms with Crippen LogP contribution in [-0.4, -0.2) is 44.4 Å². The predicted molar refractivity (Wildman–Crippen MR) is 116 cm³/mol. The predicted octanol–water partition coefficient (Wildman–Crippen LogP) is 3.06. The number of hydrogen-bond acceptors (Lipinski definition) is 5. The van der Waals surface area contributed by atoms with E-state index in [1.165, 1.54) is 12.1 Å². The Morgan fingerprint density at radius 3 is 2.45 bits per heavy atom. The SMILES string of the molecule is O=C1NC(=O)c2c1c(-c1ccccc1Cl)cc1c2c2cc(O)ccc2n1CC(O)CO. The molecule has 31 heavy (non-hydrogen) atoms. The van der Waals surface area contributed by atoms with Gasteiger partial charge in [-0.3, -0.25) is 14.9 Å². The number of phenolic OH excluding ortho intramolecular Hbond substituents is 1. The van der Waals surface area contributed by atoms with Crippen LogP contribution in [0.3, 0.4) is 0 Å². The van der Waals surface area contributed by atoms with Gasteiger partial charge in [-0.25, -0.2) is 0 Å². The summed E-state index contributed by atoms with van der Waals surface area (Å²) >= 11 is 6.41. The molecule has 3 aromatic carbocycles. The van der Waals surface area contributed by atoms with E-state index in [0.29, 0.717) is 38.0 Å². The highest BCUT2D eigenvalue weighted by Crippen LogP contribution is 2.42. The molecular formula is C23H17ClN2O5. The number of halogens is 1. The summed E-state index contributed by atoms with van der Waals surface area (Å²) in [7, 11) is 0. The quantitative estimate of drug-likeness (QED) is 0.367. The number of aliphatic hydroxyl groups excluding tert-OH is 2. The summed E-state index contributed by atoms with van der Waals surface area (Å²) in [6.07, 6.45) is -1.04. The van der Waals surface area contributed by atoms with Gasteiger partial charge in [0.05, 0.1) is 35.9 Å². The lowest BCUT2D eigenvalue weighted by Crippen LogP contribution is -2.20. The van der Waals surface area contributed by atoms with Crippen molar-refractivity contribution < 1.29 is 24.9 Å². The number of phenols is 1. The van der Waals surface area contributed by atoms with Crippen molar-refractivity contribution in [1.82, 2.24) is 9.88 Å². The Hall–Kier alpha value is -3.39. The van der Waals surface area contributed by atoms with Crippen LogP contribution in [0.5, 0.6) is 5.75 Å². The number of fused-ring (bicyclic) bond motifs is 5. The molecule has 1 atom stereocenters. The minimum absolute atomic E-state index is 0.00270. The Morgan fingerprint density at radius 2 is 1.71 bits per heavy atom. The first-order valence-electron chi connectivity index (χ1n) is 9.62. The van der Waals surface area contributed by atoms with Crippen LogP contribution in [0.2, 0.25) is 5.02 Å². The zero-order chi connectivity index (χ0) is 21.9. The number of hydrogen-bond donors (Lipinski definition) is 4. The Bertz CT molecular complexity index is 1410. The van der Waals surface area contributed by atoms with Crippen LogP contribution in [0, 0.1) is 0 Å². The summed E-state index contributed by atoms with van der Waals surface area (Å²) in [4.78, 5) is 25.6. The normalized spacial score (nSPS) is 14.3. The molecule has 1 aromatic heterocycles. The molecular weight excluding hydrogens is 420 g/mol. The summed E-state index contributed by atoms with van der Waals surface area (Å²) in [5.41, 5.74) is 2.72. The molecule has 0 radical (unpaired) electrons. The van der Waals surface area contributed by atoms with Crippen LogP contribution in [-0.2, 0) is 6.54 Å². The molecule has 2 heterocycles. The van der Waals surface area contributed by atoms with E-state index in [-0.39, 0.29) is 23.4 Å². The highest BCUT2D eigenvalue weighted by molar-refractivity contribution is 6.36. The van der Waals surface area contributed by atoms with Crippen molar-refractivity contribution in [3.63, 3.8) is 0 Å². The van der Waals surface area contributed by atoms with E-state index in [0.717, 1.165) is 0 Å². The molecule has 0 saturated heterocycles. The number of nitrogens with zero attached hydrogens (tertiary/aromatic N) is 1. The van der Waals surface area contributed by atoms with E-state index in [1.54, 1.807) is 41.0 Å².